The van der Waals surface area contributed by atoms with Gasteiger partial charge in [0.25, 0.3) is 10.0 Å². The van der Waals surface area contributed by atoms with Crippen molar-refractivity contribution in [1.29, 1.82) is 0 Å². The number of nitrogens with zero attached hydrogens (tertiary/aromatic N) is 1. The van der Waals surface area contributed by atoms with Crippen LogP contribution in [0, 0.1) is 0 Å². The molecule has 0 radical (unpaired) electrons. The van der Waals surface area contributed by atoms with Crippen molar-refractivity contribution in [3.8, 4) is 0 Å². The zero-order chi connectivity index (χ0) is 15.0. The molecule has 0 aromatic carbocycles. The molecule has 2 N–H and O–H groups in total. The first-order valence-corrected chi connectivity index (χ1v) is 9.44. The second kappa shape index (κ2) is 8.49. The Morgan fingerprint density at radius 2 is 2.15 bits per heavy atom. The predicted octanol–water partition coefficient (Wildman–Crippen LogP) is 2.32. The molecule has 1 heterocycles. The number of hydrogen-bond donors (Lipinski definition) is 2. The fraction of sp³-hybridized carbons (Fsp3) is 0.615. The van der Waals surface area contributed by atoms with E-state index in [4.69, 9.17) is 0 Å². The van der Waals surface area contributed by atoms with Gasteiger partial charge in [-0.2, -0.15) is 11.8 Å². The van der Waals surface area contributed by atoms with Crippen molar-refractivity contribution in [2.24, 2.45) is 0 Å². The molecule has 1 aromatic rings. The molecule has 0 bridgehead atoms. The molecule has 0 aliphatic carbocycles. The van der Waals surface area contributed by atoms with Crippen LogP contribution in [0.5, 0.6) is 0 Å². The molecule has 20 heavy (non-hydrogen) atoms. The molecule has 7 heteroatoms. The van der Waals surface area contributed by atoms with Crippen LogP contribution in [0.25, 0.3) is 0 Å². The minimum Gasteiger partial charge on any atom is -0.383 e. The van der Waals surface area contributed by atoms with E-state index in [1.54, 1.807) is 23.9 Å². The van der Waals surface area contributed by atoms with E-state index in [0.717, 1.165) is 17.9 Å². The molecule has 0 aliphatic rings. The quantitative estimate of drug-likeness (QED) is 0.684. The lowest BCUT2D eigenvalue weighted by Gasteiger charge is -2.15. The van der Waals surface area contributed by atoms with Crippen molar-refractivity contribution in [1.82, 2.24) is 9.71 Å². The van der Waals surface area contributed by atoms with E-state index in [0.29, 0.717) is 12.2 Å². The number of aromatic nitrogens is 1. The summed E-state index contributed by atoms with van der Waals surface area (Å²) in [5.74, 6) is 1.99. The van der Waals surface area contributed by atoms with Gasteiger partial charge in [0, 0.05) is 18.8 Å². The maximum Gasteiger partial charge on any atom is 0.260 e. The summed E-state index contributed by atoms with van der Waals surface area (Å²) in [6.45, 7) is 6.54. The van der Waals surface area contributed by atoms with E-state index >= 15 is 0 Å². The number of anilines is 1. The molecule has 0 spiro atoms. The van der Waals surface area contributed by atoms with Gasteiger partial charge in [-0.1, -0.05) is 6.92 Å². The molecule has 1 rings (SSSR count). The average molecular weight is 317 g/mol. The summed E-state index contributed by atoms with van der Waals surface area (Å²) >= 11 is 1.81. The van der Waals surface area contributed by atoms with Gasteiger partial charge in [-0.05, 0) is 43.9 Å². The molecular weight excluding hydrogens is 294 g/mol. The highest BCUT2D eigenvalue weighted by molar-refractivity contribution is 7.99. The first kappa shape index (κ1) is 17.3. The number of rotatable bonds is 9. The van der Waals surface area contributed by atoms with Crippen LogP contribution in [0.4, 0.5) is 5.69 Å². The van der Waals surface area contributed by atoms with Gasteiger partial charge in [-0.3, -0.25) is 0 Å². The number of sulfonamides is 1. The van der Waals surface area contributed by atoms with Crippen LogP contribution in [0.15, 0.2) is 23.4 Å². The lowest BCUT2D eigenvalue weighted by Crippen LogP contribution is -2.34. The van der Waals surface area contributed by atoms with Crippen LogP contribution < -0.4 is 10.0 Å². The number of pyridine rings is 1. The highest BCUT2D eigenvalue weighted by Gasteiger charge is 2.21. The van der Waals surface area contributed by atoms with E-state index in [2.05, 4.69) is 21.9 Å². The Balaban J connectivity index is 2.78. The van der Waals surface area contributed by atoms with Gasteiger partial charge >= 0.3 is 0 Å². The maximum atomic E-state index is 12.4. The minimum absolute atomic E-state index is 0.0665. The third-order valence-electron chi connectivity index (χ3n) is 2.65. The Morgan fingerprint density at radius 1 is 1.40 bits per heavy atom. The lowest BCUT2D eigenvalue weighted by atomic mass is 10.3. The molecule has 1 atom stereocenters. The van der Waals surface area contributed by atoms with E-state index in [1.165, 1.54) is 6.20 Å². The highest BCUT2D eigenvalue weighted by atomic mass is 32.2. The topological polar surface area (TPSA) is 71.1 Å². The fourth-order valence-corrected chi connectivity index (χ4v) is 3.91. The molecule has 0 saturated heterocycles. The predicted molar refractivity (Wildman–Crippen MR) is 85.8 cm³/mol. The molecular formula is C13H23N3O2S2. The van der Waals surface area contributed by atoms with Crippen molar-refractivity contribution in [3.05, 3.63) is 18.3 Å². The Bertz CT molecular complexity index is 506. The van der Waals surface area contributed by atoms with E-state index < -0.39 is 10.0 Å². The summed E-state index contributed by atoms with van der Waals surface area (Å²) in [5, 5.41) is 3.09. The Morgan fingerprint density at radius 3 is 2.80 bits per heavy atom. The fourth-order valence-electron chi connectivity index (χ4n) is 1.71. The van der Waals surface area contributed by atoms with Crippen molar-refractivity contribution >= 4 is 27.5 Å². The number of hydrogen-bond acceptors (Lipinski definition) is 5. The van der Waals surface area contributed by atoms with Crippen LogP contribution in [0.2, 0.25) is 0 Å². The van der Waals surface area contributed by atoms with Crippen molar-refractivity contribution in [3.63, 3.8) is 0 Å². The van der Waals surface area contributed by atoms with E-state index in [1.807, 2.05) is 13.8 Å². The molecule has 114 valence electrons. The van der Waals surface area contributed by atoms with Gasteiger partial charge < -0.3 is 5.32 Å². The maximum absolute atomic E-state index is 12.4. The normalized spacial score (nSPS) is 13.2. The molecule has 0 amide bonds. The third kappa shape index (κ3) is 5.30. The third-order valence-corrected chi connectivity index (χ3v) is 5.13. The summed E-state index contributed by atoms with van der Waals surface area (Å²) < 4.78 is 27.4. The van der Waals surface area contributed by atoms with Gasteiger partial charge in [-0.25, -0.2) is 18.1 Å². The Hall–Kier alpha value is -0.790. The van der Waals surface area contributed by atoms with Gasteiger partial charge in [0.05, 0.1) is 5.69 Å². The minimum atomic E-state index is -3.58. The van der Waals surface area contributed by atoms with E-state index in [-0.39, 0.29) is 11.1 Å². The SMILES string of the molecule is CCNc1cccnc1S(=O)(=O)NC(C)CCSCC. The highest BCUT2D eigenvalue weighted by Crippen LogP contribution is 2.18. The summed E-state index contributed by atoms with van der Waals surface area (Å²) in [7, 11) is -3.58. The zero-order valence-electron chi connectivity index (χ0n) is 12.2. The molecule has 0 fully saturated rings. The van der Waals surface area contributed by atoms with Crippen molar-refractivity contribution in [2.45, 2.75) is 38.3 Å². The van der Waals surface area contributed by atoms with Crippen LogP contribution in [-0.2, 0) is 10.0 Å². The van der Waals surface area contributed by atoms with Crippen LogP contribution in [0.1, 0.15) is 27.2 Å². The van der Waals surface area contributed by atoms with Crippen LogP contribution >= 0.6 is 11.8 Å². The van der Waals surface area contributed by atoms with Gasteiger partial charge in [0.1, 0.15) is 0 Å². The summed E-state index contributed by atoms with van der Waals surface area (Å²) in [4.78, 5) is 4.00. The summed E-state index contributed by atoms with van der Waals surface area (Å²) in [6.07, 6.45) is 2.30. The first-order valence-electron chi connectivity index (χ1n) is 6.80. The standard InChI is InChI=1S/C13H23N3O2S2/c1-4-14-12-7-6-9-15-13(12)20(17,18)16-11(3)8-10-19-5-2/h6-7,9,11,14,16H,4-5,8,10H2,1-3H3. The van der Waals surface area contributed by atoms with Crippen LogP contribution in [-0.4, -0.2) is 37.5 Å². The van der Waals surface area contributed by atoms with Gasteiger partial charge in [0.15, 0.2) is 5.03 Å². The molecule has 1 unspecified atom stereocenters. The molecule has 0 saturated carbocycles. The van der Waals surface area contributed by atoms with E-state index in [9.17, 15) is 8.42 Å². The van der Waals surface area contributed by atoms with Gasteiger partial charge in [-0.15, -0.1) is 0 Å². The Labute approximate surface area is 126 Å². The molecule has 1 aromatic heterocycles. The zero-order valence-corrected chi connectivity index (χ0v) is 13.9. The van der Waals surface area contributed by atoms with Crippen molar-refractivity contribution < 1.29 is 8.42 Å². The number of thioether (sulfide) groups is 1. The first-order chi connectivity index (χ1) is 9.51. The summed E-state index contributed by atoms with van der Waals surface area (Å²) in [5.41, 5.74) is 0.539. The Kier molecular flexibility index (Phi) is 7.32. The molecule has 0 aliphatic heterocycles. The largest absolute Gasteiger partial charge is 0.383 e. The average Bonchev–Trinajstić information content (AvgIpc) is 2.39. The number of nitrogens with one attached hydrogen (secondary N) is 2. The van der Waals surface area contributed by atoms with Gasteiger partial charge in [0.2, 0.25) is 0 Å². The molecule has 5 nitrogen and oxygen atoms in total. The smallest absolute Gasteiger partial charge is 0.260 e. The van der Waals surface area contributed by atoms with Crippen LogP contribution in [0.3, 0.4) is 0 Å². The lowest BCUT2D eigenvalue weighted by molar-refractivity contribution is 0.554. The second-order valence-electron chi connectivity index (χ2n) is 4.39. The summed E-state index contributed by atoms with van der Waals surface area (Å²) in [6, 6.07) is 3.34. The van der Waals surface area contributed by atoms with Crippen molar-refractivity contribution in [2.75, 3.05) is 23.4 Å². The second-order valence-corrected chi connectivity index (χ2v) is 7.42. The monoisotopic (exact) mass is 317 g/mol.